The van der Waals surface area contributed by atoms with Crippen LogP contribution < -0.4 is 0 Å². The van der Waals surface area contributed by atoms with Gasteiger partial charge >= 0.3 is 11.9 Å². The van der Waals surface area contributed by atoms with E-state index < -0.39 is 24.6 Å². The fraction of sp³-hybridized carbons (Fsp3) is 0.800. The second-order valence-corrected chi connectivity index (χ2v) is 8.13. The molecule has 0 aromatic heterocycles. The number of ketones is 1. The lowest BCUT2D eigenvalue weighted by molar-refractivity contribution is -0.149. The minimum absolute atomic E-state index is 0.275. The number of rotatable bonds is 20. The molecule has 3 N–H and O–H groups in total. The second kappa shape index (κ2) is 25.5. The Morgan fingerprint density at radius 3 is 1.81 bits per heavy atom. The van der Waals surface area contributed by atoms with Crippen molar-refractivity contribution in [3.63, 3.8) is 0 Å². The summed E-state index contributed by atoms with van der Waals surface area (Å²) in [5, 5.41) is 25.6. The number of ether oxygens (including phenoxy) is 1. The Labute approximate surface area is 194 Å². The number of carboxylic acid groups (broad SMARTS) is 1. The molecule has 0 aliphatic heterocycles. The molecule has 0 saturated carbocycles. The van der Waals surface area contributed by atoms with Gasteiger partial charge in [0.25, 0.3) is 0 Å². The summed E-state index contributed by atoms with van der Waals surface area (Å²) >= 11 is 0. The number of aliphatic hydroxyl groups is 2. The van der Waals surface area contributed by atoms with Crippen LogP contribution in [0.25, 0.3) is 0 Å². The molecule has 32 heavy (non-hydrogen) atoms. The van der Waals surface area contributed by atoms with Crippen molar-refractivity contribution in [1.82, 2.24) is 0 Å². The van der Waals surface area contributed by atoms with Gasteiger partial charge in [0.15, 0.2) is 0 Å². The molecule has 7 nitrogen and oxygen atoms in total. The summed E-state index contributed by atoms with van der Waals surface area (Å²) in [7, 11) is 0. The maximum atomic E-state index is 10.6. The number of esters is 1. The average molecular weight is 459 g/mol. The smallest absolute Gasteiger partial charge is 0.313 e. The monoisotopic (exact) mass is 458 g/mol. The zero-order valence-electron chi connectivity index (χ0n) is 20.2. The third-order valence-corrected chi connectivity index (χ3v) is 4.69. The zero-order valence-corrected chi connectivity index (χ0v) is 20.2. The summed E-state index contributed by atoms with van der Waals surface area (Å²) in [6, 6.07) is 0. The van der Waals surface area contributed by atoms with Crippen LogP contribution in [0, 0.1) is 0 Å². The molecule has 7 heteroatoms. The van der Waals surface area contributed by atoms with Gasteiger partial charge in [0, 0.05) is 6.42 Å². The van der Waals surface area contributed by atoms with Crippen LogP contribution in [-0.4, -0.2) is 52.4 Å². The molecular weight excluding hydrogens is 412 g/mol. The number of Topliss-reactive ketones (excluding diaryl/α,β-unsaturated/α-hetero) is 1. The summed E-state index contributed by atoms with van der Waals surface area (Å²) in [5.41, 5.74) is 0. The fourth-order valence-corrected chi connectivity index (χ4v) is 2.84. The number of aliphatic carboxylic acids is 1. The summed E-state index contributed by atoms with van der Waals surface area (Å²) in [6.07, 6.45) is 19.9. The summed E-state index contributed by atoms with van der Waals surface area (Å²) in [4.78, 5) is 31.3. The topological polar surface area (TPSA) is 121 Å². The first-order chi connectivity index (χ1) is 15.3. The van der Waals surface area contributed by atoms with E-state index in [1.165, 1.54) is 77.6 Å². The molecule has 0 heterocycles. The first-order valence-corrected chi connectivity index (χ1v) is 12.1. The van der Waals surface area contributed by atoms with E-state index in [9.17, 15) is 14.4 Å². The quantitative estimate of drug-likeness (QED) is 0.102. The Bertz CT molecular complexity index is 489. The predicted octanol–water partition coefficient (Wildman–Crippen LogP) is 4.97. The van der Waals surface area contributed by atoms with E-state index in [-0.39, 0.29) is 18.8 Å². The van der Waals surface area contributed by atoms with E-state index in [0.717, 1.165) is 12.8 Å². The Kier molecular flexibility index (Phi) is 25.9. The third kappa shape index (κ3) is 30.5. The van der Waals surface area contributed by atoms with Crippen molar-refractivity contribution in [2.45, 2.75) is 116 Å². The standard InChI is InChI=1S/C18H34O2.C7H12O5/c1-2-3-4-5-6-7-8-9-10-11-12-13-14-15-16-17-18(19)20;1-5(9)2-7(11)12-4-6(10)3-8/h9-10H,2-8,11-17H2,1H3,(H,19,20);6,8,10H,2-4H2,1H3/b10-9-;. The first-order valence-electron chi connectivity index (χ1n) is 12.1. The molecule has 0 aliphatic carbocycles. The van der Waals surface area contributed by atoms with Gasteiger partial charge in [-0.1, -0.05) is 70.4 Å². The number of carbonyl (C=O) groups is 3. The summed E-state index contributed by atoms with van der Waals surface area (Å²) in [6.45, 7) is 2.79. The highest BCUT2D eigenvalue weighted by atomic mass is 16.5. The second-order valence-electron chi connectivity index (χ2n) is 8.13. The zero-order chi connectivity index (χ0) is 24.5. The van der Waals surface area contributed by atoms with Gasteiger partial charge in [-0.25, -0.2) is 0 Å². The minimum atomic E-state index is -1.07. The van der Waals surface area contributed by atoms with Crippen molar-refractivity contribution in [2.75, 3.05) is 13.2 Å². The third-order valence-electron chi connectivity index (χ3n) is 4.69. The van der Waals surface area contributed by atoms with Gasteiger partial charge in [-0.05, 0) is 39.0 Å². The van der Waals surface area contributed by atoms with Crippen molar-refractivity contribution in [3.8, 4) is 0 Å². The Balaban J connectivity index is 0. The predicted molar refractivity (Wildman–Crippen MR) is 126 cm³/mol. The molecule has 0 spiro atoms. The van der Waals surface area contributed by atoms with Crippen molar-refractivity contribution in [1.29, 1.82) is 0 Å². The molecule has 0 rings (SSSR count). The van der Waals surface area contributed by atoms with Crippen LogP contribution in [0.4, 0.5) is 0 Å². The van der Waals surface area contributed by atoms with Crippen LogP contribution in [0.5, 0.6) is 0 Å². The molecule has 1 unspecified atom stereocenters. The molecule has 0 saturated heterocycles. The first kappa shape index (κ1) is 32.4. The Hall–Kier alpha value is -1.73. The number of aliphatic hydroxyl groups excluding tert-OH is 2. The molecule has 1 atom stereocenters. The van der Waals surface area contributed by atoms with Gasteiger partial charge in [-0.15, -0.1) is 0 Å². The lowest BCUT2D eigenvalue weighted by atomic mass is 10.1. The number of carboxylic acids is 1. The average Bonchev–Trinajstić information content (AvgIpc) is 2.74. The molecule has 188 valence electrons. The SMILES string of the molecule is CC(=O)CC(=O)OCC(O)CO.CCCCCCCC/C=C\CCCCCCCC(=O)O. The summed E-state index contributed by atoms with van der Waals surface area (Å²) < 4.78 is 4.44. The number of hydrogen-bond acceptors (Lipinski definition) is 6. The fourth-order valence-electron chi connectivity index (χ4n) is 2.84. The van der Waals surface area contributed by atoms with Gasteiger partial charge in [-0.2, -0.15) is 0 Å². The van der Waals surface area contributed by atoms with Gasteiger partial charge in [0.2, 0.25) is 0 Å². The normalized spacial score (nSPS) is 11.6. The number of hydrogen-bond donors (Lipinski definition) is 3. The van der Waals surface area contributed by atoms with Crippen molar-refractivity contribution < 1.29 is 34.4 Å². The minimum Gasteiger partial charge on any atom is -0.481 e. The van der Waals surface area contributed by atoms with Crippen LogP contribution in [0.15, 0.2) is 12.2 Å². The van der Waals surface area contributed by atoms with E-state index in [1.54, 1.807) is 0 Å². The molecule has 0 amide bonds. The highest BCUT2D eigenvalue weighted by molar-refractivity contribution is 5.94. The van der Waals surface area contributed by atoms with Crippen LogP contribution in [0.3, 0.4) is 0 Å². The highest BCUT2D eigenvalue weighted by Crippen LogP contribution is 2.09. The maximum Gasteiger partial charge on any atom is 0.313 e. The molecule has 0 aliphatic rings. The van der Waals surface area contributed by atoms with E-state index >= 15 is 0 Å². The molecule has 0 radical (unpaired) electrons. The van der Waals surface area contributed by atoms with E-state index in [0.29, 0.717) is 6.42 Å². The highest BCUT2D eigenvalue weighted by Gasteiger charge is 2.09. The van der Waals surface area contributed by atoms with Crippen LogP contribution >= 0.6 is 0 Å². The van der Waals surface area contributed by atoms with Gasteiger partial charge in [0.1, 0.15) is 24.9 Å². The van der Waals surface area contributed by atoms with Crippen molar-refractivity contribution in [2.24, 2.45) is 0 Å². The van der Waals surface area contributed by atoms with Gasteiger partial charge in [-0.3, -0.25) is 14.4 Å². The van der Waals surface area contributed by atoms with Crippen LogP contribution in [-0.2, 0) is 19.1 Å². The van der Waals surface area contributed by atoms with Crippen molar-refractivity contribution in [3.05, 3.63) is 12.2 Å². The van der Waals surface area contributed by atoms with Crippen LogP contribution in [0.1, 0.15) is 110 Å². The number of carbonyl (C=O) groups excluding carboxylic acids is 2. The molecule has 0 aromatic carbocycles. The Morgan fingerprint density at radius 1 is 0.844 bits per heavy atom. The van der Waals surface area contributed by atoms with E-state index in [1.807, 2.05) is 0 Å². The molecule has 0 bridgehead atoms. The Morgan fingerprint density at radius 2 is 1.34 bits per heavy atom. The van der Waals surface area contributed by atoms with Crippen molar-refractivity contribution >= 4 is 17.7 Å². The number of unbranched alkanes of at least 4 members (excludes halogenated alkanes) is 11. The lowest BCUT2D eigenvalue weighted by Crippen LogP contribution is -2.22. The molecule has 0 aromatic rings. The van der Waals surface area contributed by atoms with E-state index in [4.69, 9.17) is 15.3 Å². The molecule has 0 fully saturated rings. The van der Waals surface area contributed by atoms with Gasteiger partial charge < -0.3 is 20.1 Å². The number of allylic oxidation sites excluding steroid dienone is 2. The maximum absolute atomic E-state index is 10.6. The summed E-state index contributed by atoms with van der Waals surface area (Å²) in [5.74, 6) is -1.64. The largest absolute Gasteiger partial charge is 0.481 e. The van der Waals surface area contributed by atoms with Gasteiger partial charge in [0.05, 0.1) is 6.61 Å². The van der Waals surface area contributed by atoms with Crippen LogP contribution in [0.2, 0.25) is 0 Å². The molecular formula is C25H46O7. The lowest BCUT2D eigenvalue weighted by Gasteiger charge is -2.06. The van der Waals surface area contributed by atoms with E-state index in [2.05, 4.69) is 23.8 Å².